The summed E-state index contributed by atoms with van der Waals surface area (Å²) < 4.78 is 15.7. The Bertz CT molecular complexity index is 192. The summed E-state index contributed by atoms with van der Waals surface area (Å²) in [6, 6.07) is 0.584. The Balaban J connectivity index is 3.99. The molecule has 0 N–H and O–H groups in total. The first-order valence-corrected chi connectivity index (χ1v) is 8.56. The van der Waals surface area contributed by atoms with E-state index in [0.717, 1.165) is 12.8 Å². The van der Waals surface area contributed by atoms with Gasteiger partial charge in [0.05, 0.1) is 10.8 Å². The second-order valence-corrected chi connectivity index (χ2v) is 9.11. The molecule has 0 aliphatic heterocycles. The van der Waals surface area contributed by atoms with Crippen LogP contribution in [0.25, 0.3) is 0 Å². The first kappa shape index (κ1) is 8.55. The van der Waals surface area contributed by atoms with E-state index in [9.17, 15) is 0 Å². The van der Waals surface area contributed by atoms with Gasteiger partial charge in [-0.2, -0.15) is 0 Å². The van der Waals surface area contributed by atoms with Crippen molar-refractivity contribution in [1.29, 1.82) is 0 Å². The molecule has 0 amide bonds. The summed E-state index contributed by atoms with van der Waals surface area (Å²) in [7, 11) is -1.53. The van der Waals surface area contributed by atoms with Crippen molar-refractivity contribution in [1.82, 2.24) is 0 Å². The van der Waals surface area contributed by atoms with Gasteiger partial charge in [0, 0.05) is 0 Å². The maximum Gasteiger partial charge on any atom is 0.0682 e. The molecule has 0 heterocycles. The third-order valence-corrected chi connectivity index (χ3v) is 2.55. The van der Waals surface area contributed by atoms with Crippen molar-refractivity contribution < 1.29 is 2.74 Å². The molecule has 0 atom stereocenters. The smallest absolute Gasteiger partial charge is 0.0682 e. The number of unbranched alkanes of at least 4 members (excludes halogenated alkanes) is 3. The highest BCUT2D eigenvalue weighted by molar-refractivity contribution is 6.80. The van der Waals surface area contributed by atoms with Crippen molar-refractivity contribution >= 4 is 8.07 Å². The molecule has 0 radical (unpaired) electrons. The minimum absolute atomic E-state index is 0.584. The molecule has 0 aromatic carbocycles. The van der Waals surface area contributed by atoms with Crippen LogP contribution < -0.4 is 0 Å². The highest BCUT2D eigenvalue weighted by Crippen LogP contribution is 2.06. The fourth-order valence-corrected chi connectivity index (χ4v) is 1.62. The van der Waals surface area contributed by atoms with Crippen LogP contribution in [-0.4, -0.2) is 8.07 Å². The van der Waals surface area contributed by atoms with Crippen LogP contribution in [0.2, 0.25) is 19.6 Å². The Morgan fingerprint density at radius 3 is 2.33 bits per heavy atom. The Kier molecular flexibility index (Phi) is 4.61. The van der Waals surface area contributed by atoms with Gasteiger partial charge in [0.2, 0.25) is 0 Å². The molecule has 0 aliphatic rings. The summed E-state index contributed by atoms with van der Waals surface area (Å²) in [5.41, 5.74) is 0.633. The molecule has 0 aliphatic carbocycles. The van der Waals surface area contributed by atoms with Gasteiger partial charge in [-0.15, -0.1) is 0 Å². The fourth-order valence-electron chi connectivity index (χ4n) is 0.968. The van der Waals surface area contributed by atoms with E-state index in [1.807, 2.05) is 0 Å². The van der Waals surface area contributed by atoms with Gasteiger partial charge in [-0.1, -0.05) is 57.6 Å². The van der Waals surface area contributed by atoms with Crippen LogP contribution in [0.4, 0.5) is 0 Å². The molecule has 0 saturated heterocycles. The quantitative estimate of drug-likeness (QED) is 0.426. The minimum atomic E-state index is -1.53. The topological polar surface area (TPSA) is 0 Å². The van der Waals surface area contributed by atoms with Gasteiger partial charge in [-0.25, -0.2) is 0 Å². The van der Waals surface area contributed by atoms with Gasteiger partial charge in [0.1, 0.15) is 0 Å². The summed E-state index contributed by atoms with van der Waals surface area (Å²) in [5, 5.41) is 0. The van der Waals surface area contributed by atoms with E-state index in [1.165, 1.54) is 19.3 Å². The summed E-state index contributed by atoms with van der Waals surface area (Å²) in [5.74, 6) is 0. The van der Waals surface area contributed by atoms with Crippen LogP contribution in [0.5, 0.6) is 0 Å². The van der Waals surface area contributed by atoms with Crippen molar-refractivity contribution in [3.8, 4) is 0 Å². The summed E-state index contributed by atoms with van der Waals surface area (Å²) in [4.78, 5) is 0. The monoisotopic (exact) mass is 186 g/mol. The lowest BCUT2D eigenvalue weighted by atomic mass is 10.2. The predicted octanol–water partition coefficient (Wildman–Crippen LogP) is 4.39. The van der Waals surface area contributed by atoms with Crippen LogP contribution in [0, 0.1) is 0 Å². The molecule has 0 fully saturated rings. The molecule has 0 aromatic heterocycles. The van der Waals surface area contributed by atoms with Crippen molar-refractivity contribution in [2.75, 3.05) is 0 Å². The van der Waals surface area contributed by atoms with E-state index < -0.39 is 8.07 Å². The van der Waals surface area contributed by atoms with Crippen LogP contribution >= 0.6 is 0 Å². The average molecular weight is 186 g/mol. The van der Waals surface area contributed by atoms with Gasteiger partial charge in [-0.3, -0.25) is 0 Å². The van der Waals surface area contributed by atoms with Crippen molar-refractivity contribution in [3.63, 3.8) is 0 Å². The predicted molar refractivity (Wildman–Crippen MR) is 61.2 cm³/mol. The molecule has 12 heavy (non-hydrogen) atoms. The molecule has 72 valence electrons. The molecule has 1 heteroatoms. The van der Waals surface area contributed by atoms with Crippen molar-refractivity contribution in [2.45, 2.75) is 58.7 Å². The largest absolute Gasteiger partial charge is 0.0989 e. The Morgan fingerprint density at radius 2 is 1.83 bits per heavy atom. The lowest BCUT2D eigenvalue weighted by Gasteiger charge is -2.07. The average Bonchev–Trinajstić information content (AvgIpc) is 2.09. The number of hydrogen-bond acceptors (Lipinski definition) is 0. The third-order valence-electron chi connectivity index (χ3n) is 1.62. The van der Waals surface area contributed by atoms with E-state index in [-0.39, 0.29) is 0 Å². The number of rotatable bonds is 6. The zero-order valence-electron chi connectivity index (χ0n) is 11.0. The molecule has 0 rings (SSSR count). The maximum atomic E-state index is 7.86. The van der Waals surface area contributed by atoms with Gasteiger partial charge < -0.3 is 0 Å². The Hall–Kier alpha value is -0.0431. The van der Waals surface area contributed by atoms with Gasteiger partial charge in [0.25, 0.3) is 0 Å². The molecular formula is C11H24Si. The first-order chi connectivity index (χ1) is 6.39. The maximum absolute atomic E-state index is 7.86. The molecule has 0 bridgehead atoms. The lowest BCUT2D eigenvalue weighted by Crippen LogP contribution is -2.15. The molecule has 0 aromatic rings. The summed E-state index contributed by atoms with van der Waals surface area (Å²) in [6.45, 7) is 8.59. The Morgan fingerprint density at radius 1 is 1.17 bits per heavy atom. The second kappa shape index (κ2) is 6.47. The first-order valence-electron chi connectivity index (χ1n) is 6.06. The standard InChI is InChI=1S/C11H24Si/c1-5-6-7-8-9-10-11-12(2,3)4/h10-11H,5-9H2,1-4H3/i10D,11D. The van der Waals surface area contributed by atoms with E-state index in [2.05, 4.69) is 26.6 Å². The fraction of sp³-hybridized carbons (Fsp3) is 0.818. The zero-order chi connectivity index (χ0) is 11.2. The van der Waals surface area contributed by atoms with Crippen LogP contribution in [0.1, 0.15) is 41.8 Å². The van der Waals surface area contributed by atoms with Gasteiger partial charge in [-0.05, 0) is 12.8 Å². The van der Waals surface area contributed by atoms with Crippen LogP contribution in [0.3, 0.4) is 0 Å². The minimum Gasteiger partial charge on any atom is -0.0989 e. The molecular weight excluding hydrogens is 160 g/mol. The second-order valence-electron chi connectivity index (χ2n) is 4.36. The van der Waals surface area contributed by atoms with Crippen molar-refractivity contribution in [3.05, 3.63) is 11.7 Å². The van der Waals surface area contributed by atoms with E-state index in [1.54, 1.807) is 0 Å². The third kappa shape index (κ3) is 9.96. The highest BCUT2D eigenvalue weighted by atomic mass is 28.3. The Labute approximate surface area is 81.9 Å². The molecule has 0 nitrogen and oxygen atoms in total. The van der Waals surface area contributed by atoms with Crippen LogP contribution in [0.15, 0.2) is 11.7 Å². The van der Waals surface area contributed by atoms with E-state index in [4.69, 9.17) is 2.74 Å². The van der Waals surface area contributed by atoms with Crippen molar-refractivity contribution in [2.24, 2.45) is 0 Å². The zero-order valence-corrected chi connectivity index (χ0v) is 10.0. The lowest BCUT2D eigenvalue weighted by molar-refractivity contribution is 0.674. The summed E-state index contributed by atoms with van der Waals surface area (Å²) in [6.07, 6.45) is 5.59. The normalized spacial score (nSPS) is 16.7. The molecule has 0 unspecified atom stereocenters. The SMILES string of the molecule is [2H]C(CCCCCC)=C([2H])[Si](C)(C)C. The summed E-state index contributed by atoms with van der Waals surface area (Å²) >= 11 is 0. The number of allylic oxidation sites excluding steroid dienone is 1. The molecule has 0 saturated carbocycles. The van der Waals surface area contributed by atoms with Crippen LogP contribution in [-0.2, 0) is 0 Å². The molecule has 0 spiro atoms. The number of hydrogen-bond donors (Lipinski definition) is 0. The van der Waals surface area contributed by atoms with Gasteiger partial charge >= 0.3 is 0 Å². The van der Waals surface area contributed by atoms with E-state index in [0.29, 0.717) is 11.7 Å². The highest BCUT2D eigenvalue weighted by Gasteiger charge is 2.05. The van der Waals surface area contributed by atoms with Gasteiger partial charge in [0.15, 0.2) is 0 Å². The van der Waals surface area contributed by atoms with E-state index >= 15 is 0 Å².